The minimum atomic E-state index is 0.842. The molecule has 2 aliphatic rings. The summed E-state index contributed by atoms with van der Waals surface area (Å²) in [6, 6.07) is 3.23. The first-order chi connectivity index (χ1) is 8.72. The van der Waals surface area contributed by atoms with Crippen LogP contribution in [0.3, 0.4) is 0 Å². The molecule has 2 aliphatic heterocycles. The second-order valence-corrected chi connectivity index (χ2v) is 7.21. The van der Waals surface area contributed by atoms with Gasteiger partial charge >= 0.3 is 0 Å². The lowest BCUT2D eigenvalue weighted by Gasteiger charge is -2.25. The van der Waals surface area contributed by atoms with Crippen LogP contribution >= 0.6 is 11.3 Å². The third kappa shape index (κ3) is 2.63. The molecule has 3 heterocycles. The van der Waals surface area contributed by atoms with Crippen LogP contribution in [-0.4, -0.2) is 42.0 Å². The lowest BCUT2D eigenvalue weighted by Crippen LogP contribution is -2.36. The van der Waals surface area contributed by atoms with Crippen LogP contribution in [0.1, 0.15) is 34.6 Å². The standard InChI is InChI=1S/C15H24N2S/c1-12-9-15(18-13(12)2)11-16-6-4-8-17-7-3-5-14(17)10-16/h9,14H,3-8,10-11H2,1-2H3. The van der Waals surface area contributed by atoms with Crippen molar-refractivity contribution in [3.05, 3.63) is 21.4 Å². The number of hydrogen-bond donors (Lipinski definition) is 0. The van der Waals surface area contributed by atoms with Crippen LogP contribution in [0.4, 0.5) is 0 Å². The van der Waals surface area contributed by atoms with Crippen molar-refractivity contribution in [2.45, 2.75) is 45.7 Å². The van der Waals surface area contributed by atoms with Crippen LogP contribution in [-0.2, 0) is 6.54 Å². The Balaban J connectivity index is 1.65. The smallest absolute Gasteiger partial charge is 0.0328 e. The SMILES string of the molecule is Cc1cc(CN2CCCN3CCCC3C2)sc1C. The van der Waals surface area contributed by atoms with Gasteiger partial charge in [-0.25, -0.2) is 0 Å². The van der Waals surface area contributed by atoms with E-state index in [9.17, 15) is 0 Å². The Morgan fingerprint density at radius 3 is 2.83 bits per heavy atom. The molecule has 0 radical (unpaired) electrons. The summed E-state index contributed by atoms with van der Waals surface area (Å²) >= 11 is 1.98. The van der Waals surface area contributed by atoms with Gasteiger partial charge in [0.2, 0.25) is 0 Å². The molecule has 0 N–H and O–H groups in total. The summed E-state index contributed by atoms with van der Waals surface area (Å²) in [6.07, 6.45) is 4.18. The van der Waals surface area contributed by atoms with E-state index in [1.54, 1.807) is 4.88 Å². The highest BCUT2D eigenvalue weighted by atomic mass is 32.1. The monoisotopic (exact) mass is 264 g/mol. The third-order valence-electron chi connectivity index (χ3n) is 4.48. The molecule has 0 spiro atoms. The van der Waals surface area contributed by atoms with E-state index >= 15 is 0 Å². The minimum Gasteiger partial charge on any atom is -0.299 e. The molecule has 3 rings (SSSR count). The fourth-order valence-electron chi connectivity index (χ4n) is 3.37. The van der Waals surface area contributed by atoms with E-state index in [-0.39, 0.29) is 0 Å². The van der Waals surface area contributed by atoms with E-state index in [1.165, 1.54) is 62.4 Å². The third-order valence-corrected chi connectivity index (χ3v) is 5.62. The van der Waals surface area contributed by atoms with E-state index in [1.807, 2.05) is 11.3 Å². The van der Waals surface area contributed by atoms with Crippen LogP contribution in [0, 0.1) is 13.8 Å². The Bertz CT molecular complexity index is 393. The Hall–Kier alpha value is -0.380. The second kappa shape index (κ2) is 5.32. The molecule has 2 fully saturated rings. The molecule has 1 aromatic heterocycles. The average Bonchev–Trinajstić information content (AvgIpc) is 2.82. The fourth-order valence-corrected chi connectivity index (χ4v) is 4.47. The van der Waals surface area contributed by atoms with Gasteiger partial charge in [-0.15, -0.1) is 11.3 Å². The molecule has 18 heavy (non-hydrogen) atoms. The van der Waals surface area contributed by atoms with E-state index < -0.39 is 0 Å². The molecule has 0 aromatic carbocycles. The molecule has 0 saturated carbocycles. The molecule has 0 aliphatic carbocycles. The summed E-state index contributed by atoms with van der Waals surface area (Å²) in [7, 11) is 0. The Morgan fingerprint density at radius 1 is 1.22 bits per heavy atom. The molecule has 3 heteroatoms. The molecule has 1 atom stereocenters. The number of aryl methyl sites for hydroxylation is 2. The highest BCUT2D eigenvalue weighted by Gasteiger charge is 2.28. The van der Waals surface area contributed by atoms with Gasteiger partial charge in [0, 0.05) is 28.9 Å². The highest BCUT2D eigenvalue weighted by molar-refractivity contribution is 7.12. The van der Waals surface area contributed by atoms with Gasteiger partial charge < -0.3 is 0 Å². The topological polar surface area (TPSA) is 6.48 Å². The van der Waals surface area contributed by atoms with Crippen LogP contribution in [0.15, 0.2) is 6.07 Å². The number of thiophene rings is 1. The predicted molar refractivity (Wildman–Crippen MR) is 78.3 cm³/mol. The maximum absolute atomic E-state index is 2.71. The number of fused-ring (bicyclic) bond motifs is 1. The number of hydrogen-bond acceptors (Lipinski definition) is 3. The van der Waals surface area contributed by atoms with Crippen molar-refractivity contribution in [3.63, 3.8) is 0 Å². The van der Waals surface area contributed by atoms with Gasteiger partial charge in [-0.1, -0.05) is 0 Å². The van der Waals surface area contributed by atoms with Crippen molar-refractivity contribution in [2.75, 3.05) is 26.2 Å². The van der Waals surface area contributed by atoms with Crippen molar-refractivity contribution in [1.29, 1.82) is 0 Å². The summed E-state index contributed by atoms with van der Waals surface area (Å²) in [4.78, 5) is 8.43. The van der Waals surface area contributed by atoms with Crippen molar-refractivity contribution in [3.8, 4) is 0 Å². The molecule has 2 saturated heterocycles. The summed E-state index contributed by atoms with van der Waals surface area (Å²) in [6.45, 7) is 10.9. The second-order valence-electron chi connectivity index (χ2n) is 5.87. The normalized spacial score (nSPS) is 26.2. The Kier molecular flexibility index (Phi) is 3.73. The molecular formula is C15H24N2S. The van der Waals surface area contributed by atoms with Gasteiger partial charge in [0.1, 0.15) is 0 Å². The molecule has 100 valence electrons. The maximum atomic E-state index is 2.71. The van der Waals surface area contributed by atoms with Crippen LogP contribution in [0.25, 0.3) is 0 Å². The number of nitrogens with zero attached hydrogens (tertiary/aromatic N) is 2. The largest absolute Gasteiger partial charge is 0.299 e. The van der Waals surface area contributed by atoms with Crippen LogP contribution in [0.5, 0.6) is 0 Å². The quantitative estimate of drug-likeness (QED) is 0.810. The molecule has 1 aromatic rings. The minimum absolute atomic E-state index is 0.842. The van der Waals surface area contributed by atoms with Crippen molar-refractivity contribution in [1.82, 2.24) is 9.80 Å². The van der Waals surface area contributed by atoms with Gasteiger partial charge in [-0.3, -0.25) is 9.80 Å². The van der Waals surface area contributed by atoms with Crippen LogP contribution in [0.2, 0.25) is 0 Å². The molecule has 2 nitrogen and oxygen atoms in total. The molecule has 0 bridgehead atoms. The van der Waals surface area contributed by atoms with E-state index in [4.69, 9.17) is 0 Å². The Morgan fingerprint density at radius 2 is 2.06 bits per heavy atom. The molecule has 0 amide bonds. The van der Waals surface area contributed by atoms with Crippen molar-refractivity contribution < 1.29 is 0 Å². The van der Waals surface area contributed by atoms with Gasteiger partial charge in [0.15, 0.2) is 0 Å². The zero-order valence-electron chi connectivity index (χ0n) is 11.6. The zero-order chi connectivity index (χ0) is 12.5. The fraction of sp³-hybridized carbons (Fsp3) is 0.733. The lowest BCUT2D eigenvalue weighted by atomic mass is 10.2. The first kappa shape index (κ1) is 12.6. The van der Waals surface area contributed by atoms with Gasteiger partial charge in [0.25, 0.3) is 0 Å². The first-order valence-corrected chi connectivity index (χ1v) is 8.06. The highest BCUT2D eigenvalue weighted by Crippen LogP contribution is 2.25. The van der Waals surface area contributed by atoms with Gasteiger partial charge in [0.05, 0.1) is 0 Å². The van der Waals surface area contributed by atoms with E-state index in [0.717, 1.165) is 6.04 Å². The summed E-state index contributed by atoms with van der Waals surface area (Å²) in [5, 5.41) is 0. The average molecular weight is 264 g/mol. The maximum Gasteiger partial charge on any atom is 0.0328 e. The predicted octanol–water partition coefficient (Wildman–Crippen LogP) is 3.04. The van der Waals surface area contributed by atoms with Crippen molar-refractivity contribution in [2.24, 2.45) is 0 Å². The van der Waals surface area contributed by atoms with Gasteiger partial charge in [-0.05, 0) is 64.4 Å². The first-order valence-electron chi connectivity index (χ1n) is 7.24. The summed E-state index contributed by atoms with van der Waals surface area (Å²) < 4.78 is 0. The molecule has 1 unspecified atom stereocenters. The molecular weight excluding hydrogens is 240 g/mol. The number of rotatable bonds is 2. The van der Waals surface area contributed by atoms with E-state index in [0.29, 0.717) is 0 Å². The van der Waals surface area contributed by atoms with E-state index in [2.05, 4.69) is 29.7 Å². The van der Waals surface area contributed by atoms with Crippen LogP contribution < -0.4 is 0 Å². The van der Waals surface area contributed by atoms with Gasteiger partial charge in [-0.2, -0.15) is 0 Å². The summed E-state index contributed by atoms with van der Waals surface area (Å²) in [5.41, 5.74) is 1.47. The lowest BCUT2D eigenvalue weighted by molar-refractivity contribution is 0.216. The zero-order valence-corrected chi connectivity index (χ0v) is 12.4. The Labute approximate surface area is 115 Å². The summed E-state index contributed by atoms with van der Waals surface area (Å²) in [5.74, 6) is 0. The van der Waals surface area contributed by atoms with Crippen molar-refractivity contribution >= 4 is 11.3 Å².